The van der Waals surface area contributed by atoms with Gasteiger partial charge in [0.25, 0.3) is 5.91 Å². The van der Waals surface area contributed by atoms with E-state index >= 15 is 0 Å². The van der Waals surface area contributed by atoms with Crippen molar-refractivity contribution in [2.75, 3.05) is 12.9 Å². The third-order valence-corrected chi connectivity index (χ3v) is 6.58. The van der Waals surface area contributed by atoms with E-state index in [-0.39, 0.29) is 22.9 Å². The number of rotatable bonds is 7. The zero-order valence-corrected chi connectivity index (χ0v) is 17.9. The highest BCUT2D eigenvalue weighted by molar-refractivity contribution is 7.90. The number of hydrogen-bond donors (Lipinski definition) is 1. The van der Waals surface area contributed by atoms with Crippen LogP contribution in [0.2, 0.25) is 5.15 Å². The number of carbonyl (C=O) groups excluding carboxylic acids is 2. The number of carbonyl (C=O) groups is 2. The molecule has 0 aliphatic heterocycles. The first kappa shape index (κ1) is 21.8. The summed E-state index contributed by atoms with van der Waals surface area (Å²) >= 11 is 5.97. The largest absolute Gasteiger partial charge is 0.467 e. The quantitative estimate of drug-likeness (QED) is 0.438. The summed E-state index contributed by atoms with van der Waals surface area (Å²) in [5.74, 6) is -1.34. The van der Waals surface area contributed by atoms with Crippen molar-refractivity contribution in [3.05, 3.63) is 65.1 Å². The van der Waals surface area contributed by atoms with Crippen molar-refractivity contribution in [1.29, 1.82) is 0 Å². The van der Waals surface area contributed by atoms with E-state index in [1.165, 1.54) is 29.5 Å². The molecule has 0 aliphatic rings. The number of nitrogens with one attached hydrogen (secondary N) is 1. The van der Waals surface area contributed by atoms with Crippen LogP contribution in [0.25, 0.3) is 10.9 Å². The zero-order chi connectivity index (χ0) is 21.9. The van der Waals surface area contributed by atoms with E-state index in [4.69, 9.17) is 16.3 Å². The Morgan fingerprint density at radius 2 is 1.97 bits per heavy atom. The van der Waals surface area contributed by atoms with Gasteiger partial charge in [0.2, 0.25) is 10.0 Å². The van der Waals surface area contributed by atoms with Crippen molar-refractivity contribution in [3.8, 4) is 0 Å². The van der Waals surface area contributed by atoms with Crippen LogP contribution in [0.3, 0.4) is 0 Å². The topological polar surface area (TPSA) is 107 Å². The number of methoxy groups -OCH3 is 1. The summed E-state index contributed by atoms with van der Waals surface area (Å²) in [7, 11) is -2.34. The fraction of sp³-hybridized carbons (Fsp3) is 0.250. The molecule has 0 unspecified atom stereocenters. The number of esters is 1. The molecule has 1 aromatic carbocycles. The van der Waals surface area contributed by atoms with E-state index in [0.29, 0.717) is 16.5 Å². The Morgan fingerprint density at radius 1 is 1.23 bits per heavy atom. The number of ether oxygens (including phenoxy) is 1. The Hall–Kier alpha value is -2.91. The van der Waals surface area contributed by atoms with Gasteiger partial charge in [-0.1, -0.05) is 29.8 Å². The number of benzene rings is 1. The van der Waals surface area contributed by atoms with Gasteiger partial charge in [0.1, 0.15) is 11.2 Å². The van der Waals surface area contributed by atoms with Gasteiger partial charge >= 0.3 is 5.97 Å². The molecule has 3 rings (SSSR count). The molecular formula is C20H20ClN3O5S. The summed E-state index contributed by atoms with van der Waals surface area (Å²) in [6.45, 7) is 1.55. The van der Waals surface area contributed by atoms with Crippen LogP contribution in [0.4, 0.5) is 0 Å². The lowest BCUT2D eigenvalue weighted by Crippen LogP contribution is -2.43. The molecule has 0 saturated heterocycles. The zero-order valence-electron chi connectivity index (χ0n) is 16.3. The molecule has 10 heteroatoms. The summed E-state index contributed by atoms with van der Waals surface area (Å²) in [4.78, 5) is 28.8. The highest BCUT2D eigenvalue weighted by Crippen LogP contribution is 2.25. The number of hydrogen-bond acceptors (Lipinski definition) is 6. The van der Waals surface area contributed by atoms with Crippen LogP contribution in [0.1, 0.15) is 22.8 Å². The van der Waals surface area contributed by atoms with E-state index in [1.807, 2.05) is 0 Å². The summed E-state index contributed by atoms with van der Waals surface area (Å²) in [5.41, 5.74) is 1.19. The molecule has 8 nitrogen and oxygen atoms in total. The van der Waals surface area contributed by atoms with Crippen molar-refractivity contribution >= 4 is 44.4 Å². The minimum absolute atomic E-state index is 0.00394. The predicted octanol–water partition coefficient (Wildman–Crippen LogP) is 2.40. The molecular weight excluding hydrogens is 430 g/mol. The second kappa shape index (κ2) is 8.85. The predicted molar refractivity (Wildman–Crippen MR) is 113 cm³/mol. The van der Waals surface area contributed by atoms with Gasteiger partial charge in [-0.2, -0.15) is 0 Å². The number of fused-ring (bicyclic) bond motifs is 1. The van der Waals surface area contributed by atoms with Gasteiger partial charge in [0.15, 0.2) is 0 Å². The van der Waals surface area contributed by atoms with Crippen molar-refractivity contribution in [3.63, 3.8) is 0 Å². The number of para-hydroxylation sites is 1. The first-order chi connectivity index (χ1) is 14.3. The molecule has 30 heavy (non-hydrogen) atoms. The van der Waals surface area contributed by atoms with Crippen LogP contribution in [-0.2, 0) is 26.0 Å². The Labute approximate surface area is 178 Å². The molecule has 0 fully saturated rings. The first-order valence-electron chi connectivity index (χ1n) is 9.10. The van der Waals surface area contributed by atoms with Crippen molar-refractivity contribution in [2.45, 2.75) is 19.4 Å². The van der Waals surface area contributed by atoms with Crippen LogP contribution >= 0.6 is 11.6 Å². The first-order valence-corrected chi connectivity index (χ1v) is 11.1. The Kier molecular flexibility index (Phi) is 6.42. The molecule has 2 aromatic heterocycles. The van der Waals surface area contributed by atoms with E-state index in [9.17, 15) is 18.0 Å². The van der Waals surface area contributed by atoms with Crippen molar-refractivity contribution in [2.24, 2.45) is 0 Å². The van der Waals surface area contributed by atoms with E-state index in [2.05, 4.69) is 10.3 Å². The smallest absolute Gasteiger partial charge is 0.328 e. The number of halogens is 1. The molecule has 0 bridgehead atoms. The number of amides is 1. The van der Waals surface area contributed by atoms with Gasteiger partial charge in [-0.25, -0.2) is 22.2 Å². The molecule has 0 aliphatic carbocycles. The summed E-state index contributed by atoms with van der Waals surface area (Å²) in [5, 5.41) is 3.27. The van der Waals surface area contributed by atoms with Crippen LogP contribution in [0.5, 0.6) is 0 Å². The minimum Gasteiger partial charge on any atom is -0.467 e. The molecule has 3 aromatic rings. The normalized spacial score (nSPS) is 12.5. The minimum atomic E-state index is -3.55. The average Bonchev–Trinajstić information content (AvgIpc) is 3.12. The van der Waals surface area contributed by atoms with Gasteiger partial charge in [-0.3, -0.25) is 4.79 Å². The van der Waals surface area contributed by atoms with E-state index in [1.54, 1.807) is 37.3 Å². The summed E-state index contributed by atoms with van der Waals surface area (Å²) in [6.07, 6.45) is 2.95. The highest BCUT2D eigenvalue weighted by Gasteiger charge is 2.26. The number of aromatic nitrogens is 2. The Bertz CT molecular complexity index is 1210. The van der Waals surface area contributed by atoms with Gasteiger partial charge in [-0.15, -0.1) is 0 Å². The summed E-state index contributed by atoms with van der Waals surface area (Å²) < 4.78 is 31.0. The summed E-state index contributed by atoms with van der Waals surface area (Å²) in [6, 6.07) is 8.94. The monoisotopic (exact) mass is 449 g/mol. The SMILES string of the molecule is CCS(=O)(=O)n1cc(C[C@H](NC(=O)c2cccnc2Cl)C(=O)OC)c2ccccc21. The van der Waals surface area contributed by atoms with Crippen LogP contribution < -0.4 is 5.32 Å². The van der Waals surface area contributed by atoms with Gasteiger partial charge in [-0.05, 0) is 30.7 Å². The third kappa shape index (κ3) is 4.31. The van der Waals surface area contributed by atoms with Crippen molar-refractivity contribution in [1.82, 2.24) is 14.3 Å². The fourth-order valence-electron chi connectivity index (χ4n) is 3.10. The van der Waals surface area contributed by atoms with Crippen LogP contribution in [-0.4, -0.2) is 48.2 Å². The molecule has 1 atom stereocenters. The van der Waals surface area contributed by atoms with Gasteiger partial charge < -0.3 is 10.1 Å². The molecule has 1 N–H and O–H groups in total. The fourth-order valence-corrected chi connectivity index (χ4v) is 4.33. The lowest BCUT2D eigenvalue weighted by atomic mass is 10.0. The standard InChI is InChI=1S/C20H20ClN3O5S/c1-3-30(27,28)24-12-13(14-7-4-5-9-17(14)24)11-16(20(26)29-2)23-19(25)15-8-6-10-22-18(15)21/h4-10,12,16H,3,11H2,1-2H3,(H,23,25)/t16-/m0/s1. The molecule has 0 spiro atoms. The average molecular weight is 450 g/mol. The molecule has 0 saturated carbocycles. The molecule has 1 amide bonds. The van der Waals surface area contributed by atoms with Crippen molar-refractivity contribution < 1.29 is 22.7 Å². The lowest BCUT2D eigenvalue weighted by molar-refractivity contribution is -0.142. The van der Waals surface area contributed by atoms with Crippen LogP contribution in [0, 0.1) is 0 Å². The van der Waals surface area contributed by atoms with E-state index < -0.39 is 27.9 Å². The maximum atomic E-state index is 12.6. The Balaban J connectivity index is 1.98. The lowest BCUT2D eigenvalue weighted by Gasteiger charge is -2.16. The maximum Gasteiger partial charge on any atom is 0.328 e. The van der Waals surface area contributed by atoms with Gasteiger partial charge in [0.05, 0.1) is 23.9 Å². The molecule has 2 heterocycles. The number of pyridine rings is 1. The van der Waals surface area contributed by atoms with Gasteiger partial charge in [0, 0.05) is 24.2 Å². The molecule has 158 valence electrons. The van der Waals surface area contributed by atoms with E-state index in [0.717, 1.165) is 0 Å². The highest BCUT2D eigenvalue weighted by atomic mass is 35.5. The second-order valence-corrected chi connectivity index (χ2v) is 8.96. The Morgan fingerprint density at radius 3 is 2.63 bits per heavy atom. The molecule has 0 radical (unpaired) electrons. The third-order valence-electron chi connectivity index (χ3n) is 4.64. The second-order valence-electron chi connectivity index (χ2n) is 6.46. The number of nitrogens with zero attached hydrogens (tertiary/aromatic N) is 2. The maximum absolute atomic E-state index is 12.6. The van der Waals surface area contributed by atoms with Crippen LogP contribution in [0.15, 0.2) is 48.8 Å².